The highest BCUT2D eigenvalue weighted by atomic mass is 16.1. The number of aromatic nitrogens is 2. The molecule has 2 heterocycles. The van der Waals surface area contributed by atoms with E-state index >= 15 is 0 Å². The standard InChI is InChI=1S/C9H8N6O/c1-5-8(6(2)16)12-14-13-9-7(3-10)11-4-15(5)9/h4H,1-2H3,(H,12,13). The van der Waals surface area contributed by atoms with Gasteiger partial charge in [0.25, 0.3) is 0 Å². The highest BCUT2D eigenvalue weighted by Crippen LogP contribution is 2.25. The van der Waals surface area contributed by atoms with Gasteiger partial charge in [0.1, 0.15) is 18.1 Å². The fraction of sp³-hybridized carbons (Fsp3) is 0.222. The van der Waals surface area contributed by atoms with E-state index in [1.165, 1.54) is 13.3 Å². The van der Waals surface area contributed by atoms with Crippen molar-refractivity contribution in [3.8, 4) is 6.07 Å². The molecule has 0 aromatic carbocycles. The molecule has 1 N–H and O–H groups in total. The van der Waals surface area contributed by atoms with E-state index in [1.807, 2.05) is 6.07 Å². The second-order valence-electron chi connectivity index (χ2n) is 3.23. The molecule has 0 amide bonds. The molecule has 0 fully saturated rings. The molecule has 0 atom stereocenters. The maximum Gasteiger partial charge on any atom is 0.199 e. The van der Waals surface area contributed by atoms with Crippen molar-refractivity contribution in [3.63, 3.8) is 0 Å². The van der Waals surface area contributed by atoms with Gasteiger partial charge in [0.15, 0.2) is 17.3 Å². The van der Waals surface area contributed by atoms with Gasteiger partial charge in [0.2, 0.25) is 0 Å². The monoisotopic (exact) mass is 216 g/mol. The quantitative estimate of drug-likeness (QED) is 0.761. The molecule has 0 bridgehead atoms. The summed E-state index contributed by atoms with van der Waals surface area (Å²) in [7, 11) is 0. The van der Waals surface area contributed by atoms with Crippen molar-refractivity contribution in [1.29, 1.82) is 5.26 Å². The first-order valence-corrected chi connectivity index (χ1v) is 4.51. The molecule has 0 radical (unpaired) electrons. The van der Waals surface area contributed by atoms with Gasteiger partial charge in [-0.15, -0.1) is 5.11 Å². The van der Waals surface area contributed by atoms with Gasteiger partial charge < -0.3 is 0 Å². The third-order valence-corrected chi connectivity index (χ3v) is 2.23. The summed E-state index contributed by atoms with van der Waals surface area (Å²) in [5, 5.41) is 16.2. The Labute approximate surface area is 91.1 Å². The Balaban J connectivity index is 2.67. The maximum atomic E-state index is 11.3. The third-order valence-electron chi connectivity index (χ3n) is 2.23. The molecular weight excluding hydrogens is 208 g/mol. The second-order valence-corrected chi connectivity index (χ2v) is 3.23. The van der Waals surface area contributed by atoms with Crippen molar-refractivity contribution in [1.82, 2.24) is 15.0 Å². The smallest absolute Gasteiger partial charge is 0.199 e. The van der Waals surface area contributed by atoms with E-state index < -0.39 is 0 Å². The van der Waals surface area contributed by atoms with Crippen molar-refractivity contribution in [2.45, 2.75) is 13.8 Å². The third kappa shape index (κ3) is 1.37. The number of nitriles is 1. The lowest BCUT2D eigenvalue weighted by molar-refractivity contribution is -0.113. The van der Waals surface area contributed by atoms with Crippen molar-refractivity contribution in [2.24, 2.45) is 10.3 Å². The number of carbonyl (C=O) groups excluding carboxylic acids is 1. The van der Waals surface area contributed by atoms with Crippen molar-refractivity contribution in [2.75, 3.05) is 0 Å². The molecule has 2 rings (SSSR count). The number of imidazole rings is 1. The SMILES string of the molecule is CC(=O)C1=C(C)n2cnc(C#N)c2N=NN1. The van der Waals surface area contributed by atoms with Crippen LogP contribution in [-0.2, 0) is 4.79 Å². The Morgan fingerprint density at radius 3 is 3.00 bits per heavy atom. The van der Waals surface area contributed by atoms with Crippen LogP contribution in [0.5, 0.6) is 0 Å². The summed E-state index contributed by atoms with van der Waals surface area (Å²) in [4.78, 5) is 15.2. The van der Waals surface area contributed by atoms with Crippen LogP contribution in [0.2, 0.25) is 0 Å². The molecule has 1 aliphatic heterocycles. The molecule has 1 aliphatic rings. The number of hydrogen-bond donors (Lipinski definition) is 1. The van der Waals surface area contributed by atoms with E-state index in [4.69, 9.17) is 5.26 Å². The Morgan fingerprint density at radius 1 is 1.62 bits per heavy atom. The average Bonchev–Trinajstić information content (AvgIpc) is 2.58. The van der Waals surface area contributed by atoms with Gasteiger partial charge in [-0.25, -0.2) is 4.98 Å². The zero-order valence-electron chi connectivity index (χ0n) is 8.72. The molecular formula is C9H8N6O. The fourth-order valence-corrected chi connectivity index (χ4v) is 1.42. The van der Waals surface area contributed by atoms with E-state index in [2.05, 4.69) is 20.7 Å². The zero-order valence-corrected chi connectivity index (χ0v) is 8.72. The second kappa shape index (κ2) is 3.58. The molecule has 7 heteroatoms. The lowest BCUT2D eigenvalue weighted by Gasteiger charge is -2.06. The van der Waals surface area contributed by atoms with Crippen LogP contribution in [0, 0.1) is 11.3 Å². The first-order chi connectivity index (χ1) is 7.65. The average molecular weight is 216 g/mol. The molecule has 7 nitrogen and oxygen atoms in total. The zero-order chi connectivity index (χ0) is 11.7. The Bertz CT molecular complexity index is 559. The first kappa shape index (κ1) is 10.0. The normalized spacial score (nSPS) is 13.8. The Hall–Kier alpha value is -2.49. The van der Waals surface area contributed by atoms with Gasteiger partial charge in [-0.05, 0) is 6.92 Å². The molecule has 16 heavy (non-hydrogen) atoms. The summed E-state index contributed by atoms with van der Waals surface area (Å²) >= 11 is 0. The first-order valence-electron chi connectivity index (χ1n) is 4.51. The minimum atomic E-state index is -0.156. The van der Waals surface area contributed by atoms with Crippen LogP contribution in [0.4, 0.5) is 5.82 Å². The van der Waals surface area contributed by atoms with Gasteiger partial charge in [0.05, 0.1) is 5.70 Å². The van der Waals surface area contributed by atoms with E-state index in [0.29, 0.717) is 17.2 Å². The van der Waals surface area contributed by atoms with Gasteiger partial charge >= 0.3 is 0 Å². The van der Waals surface area contributed by atoms with Crippen LogP contribution < -0.4 is 5.43 Å². The maximum absolute atomic E-state index is 11.3. The van der Waals surface area contributed by atoms with E-state index in [0.717, 1.165) is 0 Å². The summed E-state index contributed by atoms with van der Waals surface area (Å²) < 4.78 is 1.55. The van der Waals surface area contributed by atoms with Crippen LogP contribution >= 0.6 is 0 Å². The van der Waals surface area contributed by atoms with Gasteiger partial charge in [-0.3, -0.25) is 14.8 Å². The van der Waals surface area contributed by atoms with Gasteiger partial charge in [-0.2, -0.15) is 5.26 Å². The number of nitrogens with zero attached hydrogens (tertiary/aromatic N) is 5. The van der Waals surface area contributed by atoms with E-state index in [1.54, 1.807) is 11.5 Å². The molecule has 0 aliphatic carbocycles. The van der Waals surface area contributed by atoms with Gasteiger partial charge in [-0.1, -0.05) is 5.22 Å². The number of hydrogen-bond acceptors (Lipinski definition) is 6. The summed E-state index contributed by atoms with van der Waals surface area (Å²) in [5.74, 6) is 0.167. The van der Waals surface area contributed by atoms with Crippen LogP contribution in [0.25, 0.3) is 5.70 Å². The molecule has 0 saturated heterocycles. The Morgan fingerprint density at radius 2 is 2.38 bits per heavy atom. The minimum absolute atomic E-state index is 0.156. The number of allylic oxidation sites excluding steroid dienone is 2. The largest absolute Gasteiger partial charge is 0.293 e. The number of ketones is 1. The fourth-order valence-electron chi connectivity index (χ4n) is 1.42. The predicted molar refractivity (Wildman–Crippen MR) is 54.2 cm³/mol. The van der Waals surface area contributed by atoms with Crippen LogP contribution in [0.3, 0.4) is 0 Å². The number of carbonyl (C=O) groups is 1. The number of Topliss-reactive ketones (excluding diaryl/α,β-unsaturated/α-hetero) is 1. The summed E-state index contributed by atoms with van der Waals surface area (Å²) in [6, 6.07) is 1.91. The van der Waals surface area contributed by atoms with Crippen LogP contribution in [0.15, 0.2) is 22.4 Å². The number of rotatable bonds is 1. The van der Waals surface area contributed by atoms with Crippen molar-refractivity contribution >= 4 is 17.3 Å². The van der Waals surface area contributed by atoms with E-state index in [-0.39, 0.29) is 11.5 Å². The molecule has 0 spiro atoms. The van der Waals surface area contributed by atoms with Gasteiger partial charge in [0, 0.05) is 6.92 Å². The lowest BCUT2D eigenvalue weighted by Crippen LogP contribution is -2.14. The topological polar surface area (TPSA) is 95.4 Å². The summed E-state index contributed by atoms with van der Waals surface area (Å²) in [5.41, 5.74) is 3.67. The molecule has 80 valence electrons. The predicted octanol–water partition coefficient (Wildman–Crippen LogP) is 1.13. The number of nitrogens with one attached hydrogen (secondary N) is 1. The molecule has 1 aromatic rings. The van der Waals surface area contributed by atoms with Crippen molar-refractivity contribution in [3.05, 3.63) is 17.7 Å². The minimum Gasteiger partial charge on any atom is -0.293 e. The molecule has 0 unspecified atom stereocenters. The highest BCUT2D eigenvalue weighted by molar-refractivity contribution is 5.98. The highest BCUT2D eigenvalue weighted by Gasteiger charge is 2.18. The number of fused-ring (bicyclic) bond motifs is 1. The Kier molecular flexibility index (Phi) is 2.25. The van der Waals surface area contributed by atoms with Crippen molar-refractivity contribution < 1.29 is 4.79 Å². The molecule has 0 saturated carbocycles. The molecule has 1 aromatic heterocycles. The lowest BCUT2D eigenvalue weighted by atomic mass is 10.2. The van der Waals surface area contributed by atoms with Crippen LogP contribution in [0.1, 0.15) is 19.5 Å². The summed E-state index contributed by atoms with van der Waals surface area (Å²) in [6.07, 6.45) is 1.44. The summed E-state index contributed by atoms with van der Waals surface area (Å²) in [6.45, 7) is 3.15. The van der Waals surface area contributed by atoms with E-state index in [9.17, 15) is 4.79 Å². The van der Waals surface area contributed by atoms with Crippen LogP contribution in [-0.4, -0.2) is 15.3 Å².